The van der Waals surface area contributed by atoms with Crippen LogP contribution in [-0.4, -0.2) is 33.5 Å². The van der Waals surface area contributed by atoms with Crippen molar-refractivity contribution in [2.45, 2.75) is 38.5 Å². The first-order valence-electron chi connectivity index (χ1n) is 12.2. The monoisotopic (exact) mass is 539 g/mol. The van der Waals surface area contributed by atoms with Crippen molar-refractivity contribution in [1.82, 2.24) is 14.3 Å². The van der Waals surface area contributed by atoms with Crippen molar-refractivity contribution in [2.75, 3.05) is 7.11 Å². The molecule has 1 heterocycles. The number of carbonyl (C=O) groups is 1. The second-order valence-electron chi connectivity index (χ2n) is 9.21. The van der Waals surface area contributed by atoms with Gasteiger partial charge in [-0.2, -0.15) is 17.9 Å². The van der Waals surface area contributed by atoms with Crippen molar-refractivity contribution in [1.29, 1.82) is 0 Å². The Kier molecular flexibility index (Phi) is 7.94. The second-order valence-corrected chi connectivity index (χ2v) is 9.21. The van der Waals surface area contributed by atoms with Crippen molar-refractivity contribution < 1.29 is 27.4 Å². The van der Waals surface area contributed by atoms with E-state index in [0.717, 1.165) is 33.5 Å². The summed E-state index contributed by atoms with van der Waals surface area (Å²) in [5, 5.41) is 4.56. The summed E-state index contributed by atoms with van der Waals surface area (Å²) in [5.41, 5.74) is 1.64. The van der Waals surface area contributed by atoms with Crippen LogP contribution >= 0.6 is 0 Å². The van der Waals surface area contributed by atoms with Gasteiger partial charge in [0.25, 0.3) is 0 Å². The molecule has 0 saturated carbocycles. The third-order valence-corrected chi connectivity index (χ3v) is 6.48. The lowest BCUT2D eigenvalue weighted by atomic mass is 9.90. The van der Waals surface area contributed by atoms with E-state index in [4.69, 9.17) is 9.47 Å². The highest BCUT2D eigenvalue weighted by molar-refractivity contribution is 5.74. The number of nitrogens with zero attached hydrogens (tertiary/aromatic N) is 3. The number of hydrogen-bond acceptors (Lipinski definition) is 5. The quantitative estimate of drug-likeness (QED) is 0.287. The minimum Gasteiger partial charge on any atom is -0.479 e. The SMILES string of the molecule is COC(=O)C(C)Oc1ccc(CC(c2ccccc2)c2nn(-c3ccc(C(F)(F)F)cc3)c(=O)n2C)cc1C. The molecular weight excluding hydrogens is 511 g/mol. The Morgan fingerprint density at radius 2 is 1.69 bits per heavy atom. The van der Waals surface area contributed by atoms with Crippen LogP contribution in [0.1, 0.15) is 40.9 Å². The number of alkyl halides is 3. The van der Waals surface area contributed by atoms with Gasteiger partial charge < -0.3 is 9.47 Å². The van der Waals surface area contributed by atoms with Gasteiger partial charge in [0.2, 0.25) is 0 Å². The molecule has 0 saturated heterocycles. The molecule has 0 fully saturated rings. The van der Waals surface area contributed by atoms with Crippen molar-refractivity contribution in [2.24, 2.45) is 7.05 Å². The van der Waals surface area contributed by atoms with Crippen LogP contribution in [0, 0.1) is 6.92 Å². The number of carbonyl (C=O) groups excluding carboxylic acids is 1. The highest BCUT2D eigenvalue weighted by atomic mass is 19.4. The summed E-state index contributed by atoms with van der Waals surface area (Å²) >= 11 is 0. The highest BCUT2D eigenvalue weighted by Gasteiger charge is 2.30. The van der Waals surface area contributed by atoms with Gasteiger partial charge >= 0.3 is 17.8 Å². The molecule has 2 atom stereocenters. The van der Waals surface area contributed by atoms with E-state index in [-0.39, 0.29) is 11.6 Å². The van der Waals surface area contributed by atoms with Crippen molar-refractivity contribution in [3.63, 3.8) is 0 Å². The maximum absolute atomic E-state index is 13.1. The summed E-state index contributed by atoms with van der Waals surface area (Å²) in [4.78, 5) is 24.9. The van der Waals surface area contributed by atoms with Crippen molar-refractivity contribution in [3.8, 4) is 11.4 Å². The van der Waals surface area contributed by atoms with E-state index in [1.165, 1.54) is 23.8 Å². The van der Waals surface area contributed by atoms with E-state index in [2.05, 4.69) is 5.10 Å². The van der Waals surface area contributed by atoms with Crippen LogP contribution in [0.4, 0.5) is 13.2 Å². The van der Waals surface area contributed by atoms with Gasteiger partial charge in [0.1, 0.15) is 11.6 Å². The van der Waals surface area contributed by atoms with Crippen LogP contribution in [0.5, 0.6) is 5.75 Å². The minimum atomic E-state index is -4.48. The lowest BCUT2D eigenvalue weighted by Crippen LogP contribution is -2.25. The van der Waals surface area contributed by atoms with Crippen molar-refractivity contribution in [3.05, 3.63) is 111 Å². The van der Waals surface area contributed by atoms with E-state index in [0.29, 0.717) is 18.0 Å². The number of benzene rings is 3. The fourth-order valence-electron chi connectivity index (χ4n) is 4.37. The Morgan fingerprint density at radius 3 is 2.28 bits per heavy atom. The average molecular weight is 540 g/mol. The Labute approximate surface area is 223 Å². The van der Waals surface area contributed by atoms with Gasteiger partial charge in [-0.05, 0) is 67.3 Å². The summed E-state index contributed by atoms with van der Waals surface area (Å²) < 4.78 is 52.0. The van der Waals surface area contributed by atoms with Crippen LogP contribution in [0.3, 0.4) is 0 Å². The fourth-order valence-corrected chi connectivity index (χ4v) is 4.37. The van der Waals surface area contributed by atoms with Gasteiger partial charge in [-0.3, -0.25) is 4.57 Å². The molecule has 0 spiro atoms. The largest absolute Gasteiger partial charge is 0.479 e. The molecule has 0 aliphatic rings. The fraction of sp³-hybridized carbons (Fsp3) is 0.276. The Morgan fingerprint density at radius 1 is 1.03 bits per heavy atom. The lowest BCUT2D eigenvalue weighted by Gasteiger charge is -2.18. The Balaban J connectivity index is 1.69. The molecule has 2 unspecified atom stereocenters. The third-order valence-electron chi connectivity index (χ3n) is 6.48. The lowest BCUT2D eigenvalue weighted by molar-refractivity contribution is -0.148. The first-order chi connectivity index (χ1) is 18.5. The number of halogens is 3. The zero-order chi connectivity index (χ0) is 28.3. The predicted octanol–water partition coefficient (Wildman–Crippen LogP) is 5.21. The molecule has 0 radical (unpaired) electrons. The molecule has 39 heavy (non-hydrogen) atoms. The van der Waals surface area contributed by atoms with E-state index >= 15 is 0 Å². The molecule has 0 aliphatic carbocycles. The van der Waals surface area contributed by atoms with E-state index in [1.54, 1.807) is 20.0 Å². The normalized spacial score (nSPS) is 13.1. The zero-order valence-electron chi connectivity index (χ0n) is 21.9. The summed E-state index contributed by atoms with van der Waals surface area (Å²) in [6.07, 6.45) is -4.76. The number of esters is 1. The van der Waals surface area contributed by atoms with Crippen LogP contribution in [0.2, 0.25) is 0 Å². The molecule has 4 rings (SSSR count). The molecule has 4 aromatic rings. The predicted molar refractivity (Wildman–Crippen MR) is 139 cm³/mol. The number of methoxy groups -OCH3 is 1. The third kappa shape index (κ3) is 6.05. The van der Waals surface area contributed by atoms with Gasteiger partial charge in [0.15, 0.2) is 6.10 Å². The first-order valence-corrected chi connectivity index (χ1v) is 12.2. The maximum atomic E-state index is 13.1. The standard InChI is InChI=1S/C29H28F3N3O4/c1-18-16-20(10-15-25(18)39-19(2)27(36)38-4)17-24(21-8-6-5-7-9-21)26-33-35(28(37)34(26)3)23-13-11-22(12-14-23)29(30,31)32/h5-16,19,24H,17H2,1-4H3. The van der Waals surface area contributed by atoms with E-state index < -0.39 is 29.5 Å². The highest BCUT2D eigenvalue weighted by Crippen LogP contribution is 2.31. The van der Waals surface area contributed by atoms with Crippen LogP contribution < -0.4 is 10.4 Å². The summed E-state index contributed by atoms with van der Waals surface area (Å²) in [6, 6.07) is 19.5. The Bertz CT molecular complexity index is 1510. The molecule has 204 valence electrons. The number of aryl methyl sites for hydroxylation is 1. The van der Waals surface area contributed by atoms with E-state index in [9.17, 15) is 22.8 Å². The molecule has 0 amide bonds. The van der Waals surface area contributed by atoms with Gasteiger partial charge in [-0.15, -0.1) is 5.10 Å². The number of rotatable bonds is 8. The van der Waals surface area contributed by atoms with Crippen LogP contribution in [-0.2, 0) is 29.2 Å². The molecule has 0 bridgehead atoms. The van der Waals surface area contributed by atoms with E-state index in [1.807, 2.05) is 49.4 Å². The van der Waals surface area contributed by atoms with Crippen LogP contribution in [0.25, 0.3) is 5.69 Å². The molecule has 0 aliphatic heterocycles. The smallest absolute Gasteiger partial charge is 0.416 e. The zero-order valence-corrected chi connectivity index (χ0v) is 21.9. The minimum absolute atomic E-state index is 0.235. The van der Waals surface area contributed by atoms with Crippen LogP contribution in [0.15, 0.2) is 77.6 Å². The molecule has 0 N–H and O–H groups in total. The molecule has 10 heteroatoms. The van der Waals surface area contributed by atoms with Gasteiger partial charge in [-0.1, -0.05) is 42.5 Å². The summed E-state index contributed by atoms with van der Waals surface area (Å²) in [7, 11) is 2.89. The van der Waals surface area contributed by atoms with Gasteiger partial charge in [0, 0.05) is 13.0 Å². The molecule has 1 aromatic heterocycles. The topological polar surface area (TPSA) is 75.3 Å². The summed E-state index contributed by atoms with van der Waals surface area (Å²) in [5.74, 6) is 0.196. The number of hydrogen-bond donors (Lipinski definition) is 0. The maximum Gasteiger partial charge on any atom is 0.416 e. The molecule has 3 aromatic carbocycles. The molecule has 7 nitrogen and oxygen atoms in total. The number of aromatic nitrogens is 3. The second kappa shape index (κ2) is 11.2. The van der Waals surface area contributed by atoms with Gasteiger partial charge in [0.05, 0.1) is 18.4 Å². The van der Waals surface area contributed by atoms with Gasteiger partial charge in [-0.25, -0.2) is 9.59 Å². The van der Waals surface area contributed by atoms with Crippen molar-refractivity contribution >= 4 is 5.97 Å². The number of ether oxygens (including phenoxy) is 2. The summed E-state index contributed by atoms with van der Waals surface area (Å²) in [6.45, 7) is 3.48. The Hall–Kier alpha value is -4.34. The average Bonchev–Trinajstić information content (AvgIpc) is 3.22. The first kappa shape index (κ1) is 27.7. The molecular formula is C29H28F3N3O4.